The normalized spacial score (nSPS) is 14.6. The molecule has 0 amide bonds. The van der Waals surface area contributed by atoms with Crippen molar-refractivity contribution in [3.8, 4) is 17.2 Å². The van der Waals surface area contributed by atoms with Gasteiger partial charge in [0.1, 0.15) is 38.9 Å². The molecule has 0 aliphatic rings. The average molecular weight is 779 g/mol. The van der Waals surface area contributed by atoms with E-state index < -0.39 is 65.4 Å². The van der Waals surface area contributed by atoms with E-state index in [0.717, 1.165) is 0 Å². The lowest BCUT2D eigenvalue weighted by Gasteiger charge is -2.43. The Labute approximate surface area is 292 Å². The molecular weight excluding hydrogens is 739 g/mol. The highest BCUT2D eigenvalue weighted by Gasteiger charge is 2.86. The summed E-state index contributed by atoms with van der Waals surface area (Å²) in [6.45, 7) is 14.4. The smallest absolute Gasteiger partial charge is 0.460 e. The first-order chi connectivity index (χ1) is 22.8. The summed E-state index contributed by atoms with van der Waals surface area (Å²) in [5.41, 5.74) is -3.21. The maximum atomic E-state index is 15.6. The molecule has 0 fully saturated rings. The van der Waals surface area contributed by atoms with Crippen molar-refractivity contribution < 1.29 is 65.8 Å². The Morgan fingerprint density at radius 3 is 1.18 bits per heavy atom. The van der Waals surface area contributed by atoms with Crippen molar-refractivity contribution in [1.29, 1.82) is 0 Å². The van der Waals surface area contributed by atoms with Crippen molar-refractivity contribution in [2.45, 2.75) is 117 Å². The molecule has 6 nitrogen and oxygen atoms in total. The second kappa shape index (κ2) is 13.6. The third-order valence-electron chi connectivity index (χ3n) is 6.31. The molecule has 0 saturated heterocycles. The SMILES string of the molecule is CC(C)(C)Oc1cc(OC(C)(C)C)c(S(OS(=O)(=O)C(F)(F)C(F)(F)C(F)(F)C(F)(F)F)(c2ccccc2)c2ccccc2)c(OC(C)(C)C)c1. The molecule has 3 aromatic rings. The van der Waals surface area contributed by atoms with E-state index in [1.165, 1.54) is 72.8 Å². The Hall–Kier alpha value is -3.31. The lowest BCUT2D eigenvalue weighted by Crippen LogP contribution is -2.63. The molecule has 286 valence electrons. The lowest BCUT2D eigenvalue weighted by molar-refractivity contribution is -0.382. The zero-order valence-electron chi connectivity index (χ0n) is 29.1. The highest BCUT2D eigenvalue weighted by molar-refractivity contribution is 8.33. The van der Waals surface area contributed by atoms with Gasteiger partial charge >= 0.3 is 33.4 Å². The molecule has 0 atom stereocenters. The predicted octanol–water partition coefficient (Wildman–Crippen LogP) is 11.2. The van der Waals surface area contributed by atoms with Crippen LogP contribution in [0.1, 0.15) is 62.3 Å². The molecule has 3 rings (SSSR count). The van der Waals surface area contributed by atoms with E-state index >= 15 is 8.78 Å². The van der Waals surface area contributed by atoms with Crippen molar-refractivity contribution >= 4 is 20.4 Å². The first-order valence-electron chi connectivity index (χ1n) is 15.1. The maximum Gasteiger partial charge on any atom is 0.460 e. The van der Waals surface area contributed by atoms with Gasteiger partial charge in [0.15, 0.2) is 0 Å². The predicted molar refractivity (Wildman–Crippen MR) is 174 cm³/mol. The number of benzene rings is 3. The van der Waals surface area contributed by atoms with Gasteiger partial charge in [-0.3, -0.25) is 0 Å². The van der Waals surface area contributed by atoms with Crippen LogP contribution >= 0.6 is 10.3 Å². The van der Waals surface area contributed by atoms with Crippen LogP contribution in [-0.4, -0.2) is 48.5 Å². The van der Waals surface area contributed by atoms with Crippen molar-refractivity contribution in [3.63, 3.8) is 0 Å². The van der Waals surface area contributed by atoms with E-state index in [0.29, 0.717) is 0 Å². The van der Waals surface area contributed by atoms with Crippen LogP contribution in [0.5, 0.6) is 17.2 Å². The second-order valence-electron chi connectivity index (χ2n) is 14.3. The monoisotopic (exact) mass is 778 g/mol. The minimum absolute atomic E-state index is 0.0451. The molecule has 17 heteroatoms. The average Bonchev–Trinajstić information content (AvgIpc) is 2.93. The van der Waals surface area contributed by atoms with E-state index in [9.17, 15) is 39.2 Å². The summed E-state index contributed by atoms with van der Waals surface area (Å²) in [5.74, 6) is -15.7. The van der Waals surface area contributed by atoms with E-state index in [1.807, 2.05) is 0 Å². The maximum absolute atomic E-state index is 15.6. The molecule has 3 aromatic carbocycles. The molecule has 0 radical (unpaired) electrons. The summed E-state index contributed by atoms with van der Waals surface area (Å²) in [5, 5.41) is -7.17. The van der Waals surface area contributed by atoms with Crippen molar-refractivity contribution in [1.82, 2.24) is 0 Å². The Morgan fingerprint density at radius 1 is 0.510 bits per heavy atom. The molecule has 0 unspecified atom stereocenters. The van der Waals surface area contributed by atoms with E-state index in [2.05, 4.69) is 0 Å². The van der Waals surface area contributed by atoms with Crippen molar-refractivity contribution in [2.24, 2.45) is 0 Å². The van der Waals surface area contributed by atoms with Crippen LogP contribution in [-0.2, 0) is 13.7 Å². The standard InChI is InChI=1S/C34H39F9O6S2/c1-28(2,3)46-22-20-25(47-29(4,5)6)27(26(21-22)48-30(7,8)9)50(23-16-12-10-13-17-23,24-18-14-11-15-19-24)49-51(44,45)34(42,43)32(37,38)31(35,36)33(39,40)41/h10-21H,1-9H3. The molecular formula is C34H39F9O6S2. The first-order valence-corrected chi connectivity index (χ1v) is 18.1. The Kier molecular flexibility index (Phi) is 11.2. The van der Waals surface area contributed by atoms with Gasteiger partial charge in [0.2, 0.25) is 0 Å². The van der Waals surface area contributed by atoms with E-state index in [-0.39, 0.29) is 27.0 Å². The lowest BCUT2D eigenvalue weighted by atomic mass is 10.1. The summed E-state index contributed by atoms with van der Waals surface area (Å²) in [7, 11) is -12.0. The summed E-state index contributed by atoms with van der Waals surface area (Å²) < 4.78 is 179. The molecule has 0 aliphatic carbocycles. The van der Waals surface area contributed by atoms with Gasteiger partial charge in [0.25, 0.3) is 0 Å². The van der Waals surface area contributed by atoms with Gasteiger partial charge in [-0.1, -0.05) is 36.4 Å². The summed E-state index contributed by atoms with van der Waals surface area (Å²) in [6, 6.07) is 15.3. The molecule has 0 aromatic heterocycles. The summed E-state index contributed by atoms with van der Waals surface area (Å²) >= 11 is 0. The minimum atomic E-state index is -7.56. The highest BCUT2D eigenvalue weighted by Crippen LogP contribution is 2.75. The number of hydrogen-bond donors (Lipinski definition) is 0. The Bertz CT molecular complexity index is 1700. The van der Waals surface area contributed by atoms with Gasteiger partial charge in [-0.15, -0.1) is 0 Å². The molecule has 0 spiro atoms. The molecule has 0 heterocycles. The topological polar surface area (TPSA) is 71.1 Å². The fraction of sp³-hybridized carbons (Fsp3) is 0.471. The minimum Gasteiger partial charge on any atom is -0.488 e. The largest absolute Gasteiger partial charge is 0.488 e. The summed E-state index contributed by atoms with van der Waals surface area (Å²) in [4.78, 5) is -1.08. The molecule has 0 aliphatic heterocycles. The van der Waals surface area contributed by atoms with Crippen molar-refractivity contribution in [3.05, 3.63) is 72.8 Å². The molecule has 0 saturated carbocycles. The zero-order chi connectivity index (χ0) is 39.3. The van der Waals surface area contributed by atoms with Gasteiger partial charge in [-0.25, -0.2) is 3.63 Å². The first kappa shape index (κ1) is 42.1. The number of rotatable bonds is 11. The zero-order valence-corrected chi connectivity index (χ0v) is 30.7. The van der Waals surface area contributed by atoms with Crippen LogP contribution in [0.3, 0.4) is 0 Å². The van der Waals surface area contributed by atoms with Crippen LogP contribution in [0.4, 0.5) is 39.5 Å². The van der Waals surface area contributed by atoms with Crippen molar-refractivity contribution in [2.75, 3.05) is 0 Å². The number of alkyl halides is 9. The van der Waals surface area contributed by atoms with E-state index in [4.69, 9.17) is 17.8 Å². The van der Waals surface area contributed by atoms with Crippen LogP contribution in [0, 0.1) is 0 Å². The number of hydrogen-bond acceptors (Lipinski definition) is 6. The van der Waals surface area contributed by atoms with Crippen LogP contribution in [0.25, 0.3) is 0 Å². The Morgan fingerprint density at radius 2 is 0.863 bits per heavy atom. The second-order valence-corrected chi connectivity index (χ2v) is 18.7. The van der Waals surface area contributed by atoms with Gasteiger partial charge in [0.05, 0.1) is 0 Å². The third kappa shape index (κ3) is 8.67. The van der Waals surface area contributed by atoms with Crippen LogP contribution in [0.2, 0.25) is 0 Å². The Balaban J connectivity index is 2.67. The van der Waals surface area contributed by atoms with Crippen LogP contribution < -0.4 is 14.2 Å². The molecule has 0 bridgehead atoms. The molecule has 51 heavy (non-hydrogen) atoms. The van der Waals surface area contributed by atoms with E-state index in [1.54, 1.807) is 62.3 Å². The molecule has 0 N–H and O–H groups in total. The fourth-order valence-corrected chi connectivity index (χ4v) is 9.82. The summed E-state index contributed by atoms with van der Waals surface area (Å²) in [6.07, 6.45) is -7.29. The van der Waals surface area contributed by atoms with Gasteiger partial charge in [0, 0.05) is 21.9 Å². The van der Waals surface area contributed by atoms with Gasteiger partial charge in [-0.2, -0.15) is 47.9 Å². The number of halogens is 9. The van der Waals surface area contributed by atoms with Gasteiger partial charge < -0.3 is 14.2 Å². The third-order valence-corrected chi connectivity index (χ3v) is 11.6. The van der Waals surface area contributed by atoms with Crippen LogP contribution in [0.15, 0.2) is 87.5 Å². The fourth-order valence-electron chi connectivity index (χ4n) is 4.46. The highest BCUT2D eigenvalue weighted by atomic mass is 32.3. The van der Waals surface area contributed by atoms with Gasteiger partial charge in [-0.05, 0) is 96.9 Å². The quantitative estimate of drug-likeness (QED) is 0.181. The number of ether oxygens (including phenoxy) is 3.